The lowest BCUT2D eigenvalue weighted by atomic mass is 9.85. The zero-order chi connectivity index (χ0) is 40.4. The number of carbonyl (C=O) groups is 4. The molecule has 15 heteroatoms. The van der Waals surface area contributed by atoms with Crippen LogP contribution in [0.5, 0.6) is 11.5 Å². The molecule has 2 saturated carbocycles. The second kappa shape index (κ2) is 16.3. The van der Waals surface area contributed by atoms with Gasteiger partial charge in [-0.3, -0.25) is 18.9 Å². The minimum absolute atomic E-state index is 0.0155. The lowest BCUT2D eigenvalue weighted by molar-refractivity contribution is -0.142. The van der Waals surface area contributed by atoms with Gasteiger partial charge >= 0.3 is 6.09 Å². The number of aromatic nitrogens is 1. The van der Waals surface area contributed by atoms with Gasteiger partial charge in [0.05, 0.1) is 24.9 Å². The highest BCUT2D eigenvalue weighted by atomic mass is 31.2. The first-order valence-corrected chi connectivity index (χ1v) is 20.9. The molecule has 300 valence electrons. The van der Waals surface area contributed by atoms with Crippen LogP contribution in [0.15, 0.2) is 67.3 Å². The highest BCUT2D eigenvalue weighted by Gasteiger charge is 2.66. The van der Waals surface area contributed by atoms with Crippen LogP contribution in [0.4, 0.5) is 4.79 Å². The van der Waals surface area contributed by atoms with Crippen LogP contribution in [-0.4, -0.2) is 95.0 Å². The Labute approximate surface area is 327 Å². The Balaban J connectivity index is 1.34. The molecule has 56 heavy (non-hydrogen) atoms. The average molecular weight is 790 g/mol. The van der Waals surface area contributed by atoms with Gasteiger partial charge in [0, 0.05) is 42.5 Å². The van der Waals surface area contributed by atoms with Crippen molar-refractivity contribution in [3.05, 3.63) is 67.3 Å². The number of likely N-dealkylation sites (tertiary alicyclic amines) is 1. The van der Waals surface area contributed by atoms with Gasteiger partial charge < -0.3 is 40.0 Å². The van der Waals surface area contributed by atoms with E-state index in [1.807, 2.05) is 63.2 Å². The summed E-state index contributed by atoms with van der Waals surface area (Å²) in [6.45, 7) is 9.16. The molecule has 0 spiro atoms. The van der Waals surface area contributed by atoms with Gasteiger partial charge in [0.25, 0.3) is 0 Å². The number of nitrogens with zero attached hydrogens (tertiary/aromatic N) is 2. The second-order valence-corrected chi connectivity index (χ2v) is 18.5. The van der Waals surface area contributed by atoms with Crippen molar-refractivity contribution in [2.75, 3.05) is 26.9 Å². The SMILES string of the molecule is C=C[C@@H]1C[C@]1(NC(=O)[C@@H]1C[C@@H](Oc2cc(-c3ccccc3)nc3cc(OC)ccc23)CN1C(=O)C(NC(=O)OC1CCCC1)C(C)(C)C)P(=O)(O)CC(=O)NC. The molecular formula is C41H52N5O9P. The van der Waals surface area contributed by atoms with Gasteiger partial charge in [-0.05, 0) is 49.7 Å². The number of rotatable bonds is 13. The van der Waals surface area contributed by atoms with Crippen molar-refractivity contribution >= 4 is 42.1 Å². The molecule has 6 atom stereocenters. The van der Waals surface area contributed by atoms with E-state index in [4.69, 9.17) is 19.2 Å². The fourth-order valence-corrected chi connectivity index (χ4v) is 9.95. The molecule has 14 nitrogen and oxygen atoms in total. The third kappa shape index (κ3) is 8.56. The summed E-state index contributed by atoms with van der Waals surface area (Å²) in [6.07, 6.45) is 2.63. The number of hydrogen-bond donors (Lipinski definition) is 4. The first-order valence-electron chi connectivity index (χ1n) is 19.0. The summed E-state index contributed by atoms with van der Waals surface area (Å²) in [5, 5.41) is 7.01. The third-order valence-electron chi connectivity index (χ3n) is 11.0. The summed E-state index contributed by atoms with van der Waals surface area (Å²) in [5.41, 5.74) is 1.29. The molecule has 2 unspecified atom stereocenters. The molecule has 3 fully saturated rings. The maximum atomic E-state index is 14.7. The zero-order valence-corrected chi connectivity index (χ0v) is 33.5. The van der Waals surface area contributed by atoms with Crippen LogP contribution < -0.4 is 25.4 Å². The topological polar surface area (TPSA) is 185 Å². The van der Waals surface area contributed by atoms with Gasteiger partial charge in [-0.25, -0.2) is 9.78 Å². The third-order valence-corrected chi connectivity index (χ3v) is 13.6. The first kappa shape index (κ1) is 40.7. The van der Waals surface area contributed by atoms with Crippen LogP contribution in [0, 0.1) is 11.3 Å². The maximum absolute atomic E-state index is 14.7. The van der Waals surface area contributed by atoms with Crippen LogP contribution >= 0.6 is 7.37 Å². The van der Waals surface area contributed by atoms with E-state index < -0.39 is 72.1 Å². The van der Waals surface area contributed by atoms with E-state index in [1.54, 1.807) is 19.2 Å². The van der Waals surface area contributed by atoms with E-state index in [-0.39, 0.29) is 25.5 Å². The van der Waals surface area contributed by atoms with Crippen molar-refractivity contribution in [2.24, 2.45) is 11.3 Å². The summed E-state index contributed by atoms with van der Waals surface area (Å²) >= 11 is 0. The summed E-state index contributed by atoms with van der Waals surface area (Å²) in [5.74, 6) is -1.37. The molecule has 3 aliphatic rings. The number of hydrogen-bond acceptors (Lipinski definition) is 9. The number of methoxy groups -OCH3 is 1. The molecule has 3 aromatic rings. The maximum Gasteiger partial charge on any atom is 0.408 e. The quantitative estimate of drug-likeness (QED) is 0.130. The molecule has 4 N–H and O–H groups in total. The van der Waals surface area contributed by atoms with E-state index in [1.165, 1.54) is 18.0 Å². The monoisotopic (exact) mass is 789 g/mol. The molecule has 2 aromatic carbocycles. The molecule has 0 radical (unpaired) electrons. The number of ether oxygens (including phenoxy) is 3. The largest absolute Gasteiger partial charge is 0.497 e. The molecule has 1 aromatic heterocycles. The van der Waals surface area contributed by atoms with Gasteiger partial charge in [-0.2, -0.15) is 0 Å². The standard InChI is InChI=1S/C41H52N5O9P/c1-7-26-22-41(26,56(51,52)24-35(47)42-5)45-37(48)33-20-29(23-46(33)38(49)36(40(2,3)4)44-39(50)55-27-15-11-12-16-27)54-34-21-31(25-13-9-8-10-14-25)43-32-19-28(53-6)17-18-30(32)34/h7-10,13-14,17-19,21,26-27,29,33,36H,1,11-12,15-16,20,22-24H2,2-6H3,(H,42,47)(H,44,50)(H,45,48)(H,51,52)/t26-,29-,33+,36?,41+/m1/s1. The van der Waals surface area contributed by atoms with Gasteiger partial charge in [-0.1, -0.05) is 57.2 Å². The van der Waals surface area contributed by atoms with Crippen molar-refractivity contribution in [1.82, 2.24) is 25.8 Å². The van der Waals surface area contributed by atoms with Crippen molar-refractivity contribution in [2.45, 2.75) is 88.9 Å². The number of nitrogens with one attached hydrogen (secondary N) is 3. The van der Waals surface area contributed by atoms with Gasteiger partial charge in [-0.15, -0.1) is 6.58 Å². The Kier molecular flexibility index (Phi) is 11.8. The predicted molar refractivity (Wildman–Crippen MR) is 211 cm³/mol. The smallest absolute Gasteiger partial charge is 0.408 e. The minimum Gasteiger partial charge on any atom is -0.497 e. The van der Waals surface area contributed by atoms with Crippen molar-refractivity contribution in [3.63, 3.8) is 0 Å². The first-order chi connectivity index (χ1) is 26.6. The Morgan fingerprint density at radius 3 is 2.43 bits per heavy atom. The fourth-order valence-electron chi connectivity index (χ4n) is 7.73. The lowest BCUT2D eigenvalue weighted by Gasteiger charge is -2.35. The van der Waals surface area contributed by atoms with Crippen molar-refractivity contribution in [3.8, 4) is 22.8 Å². The average Bonchev–Trinajstić information content (AvgIpc) is 3.42. The van der Waals surface area contributed by atoms with Gasteiger partial charge in [0.15, 0.2) is 0 Å². The number of benzene rings is 2. The molecule has 0 bridgehead atoms. The van der Waals surface area contributed by atoms with Crippen molar-refractivity contribution in [1.29, 1.82) is 0 Å². The summed E-state index contributed by atoms with van der Waals surface area (Å²) in [4.78, 5) is 72.1. The van der Waals surface area contributed by atoms with E-state index in [2.05, 4.69) is 22.5 Å². The number of pyridine rings is 1. The predicted octanol–water partition coefficient (Wildman–Crippen LogP) is 5.38. The van der Waals surface area contributed by atoms with Crippen LogP contribution in [0.2, 0.25) is 0 Å². The fraction of sp³-hybridized carbons (Fsp3) is 0.488. The summed E-state index contributed by atoms with van der Waals surface area (Å²) < 4.78 is 31.6. The normalized spacial score (nSPS) is 23.8. The highest BCUT2D eigenvalue weighted by molar-refractivity contribution is 7.61. The molecular weight excluding hydrogens is 737 g/mol. The van der Waals surface area contributed by atoms with E-state index >= 15 is 0 Å². The molecule has 2 aliphatic carbocycles. The molecule has 4 amide bonds. The van der Waals surface area contributed by atoms with Crippen LogP contribution in [0.3, 0.4) is 0 Å². The Morgan fingerprint density at radius 2 is 1.80 bits per heavy atom. The van der Waals surface area contributed by atoms with Crippen LogP contribution in [-0.2, 0) is 23.7 Å². The number of fused-ring (bicyclic) bond motifs is 1. The number of amides is 4. The second-order valence-electron chi connectivity index (χ2n) is 16.0. The number of carbonyl (C=O) groups excluding carboxylic acids is 4. The molecule has 1 saturated heterocycles. The minimum atomic E-state index is -4.33. The Bertz CT molecular complexity index is 2030. The Hall–Kier alpha value is -4.94. The zero-order valence-electron chi connectivity index (χ0n) is 32.6. The van der Waals surface area contributed by atoms with Crippen LogP contribution in [0.25, 0.3) is 22.2 Å². The number of alkyl carbamates (subject to hydrolysis) is 1. The van der Waals surface area contributed by atoms with Crippen molar-refractivity contribution < 1.29 is 42.8 Å². The van der Waals surface area contributed by atoms with E-state index in [0.717, 1.165) is 31.2 Å². The summed E-state index contributed by atoms with van der Waals surface area (Å²) in [7, 11) is -1.39. The molecule has 6 rings (SSSR count). The lowest BCUT2D eigenvalue weighted by Crippen LogP contribution is -2.58. The van der Waals surface area contributed by atoms with Crippen LogP contribution in [0.1, 0.15) is 59.3 Å². The highest BCUT2D eigenvalue weighted by Crippen LogP contribution is 2.69. The molecule has 1 aliphatic heterocycles. The van der Waals surface area contributed by atoms with Gasteiger partial charge in [0.1, 0.15) is 47.2 Å². The van der Waals surface area contributed by atoms with E-state index in [9.17, 15) is 28.6 Å². The van der Waals surface area contributed by atoms with E-state index in [0.29, 0.717) is 28.1 Å². The summed E-state index contributed by atoms with van der Waals surface area (Å²) in [6, 6.07) is 14.6. The van der Waals surface area contributed by atoms with Gasteiger partial charge in [0.2, 0.25) is 25.1 Å². The Morgan fingerprint density at radius 1 is 1.09 bits per heavy atom. The molecule has 2 heterocycles.